The van der Waals surface area contributed by atoms with Gasteiger partial charge in [0, 0.05) is 12.2 Å². The molecule has 27 heavy (non-hydrogen) atoms. The summed E-state index contributed by atoms with van der Waals surface area (Å²) < 4.78 is 28.5. The lowest BCUT2D eigenvalue weighted by atomic mass is 10.0. The second-order valence-corrected chi connectivity index (χ2v) is 9.12. The normalized spacial score (nSPS) is 15.0. The second kappa shape index (κ2) is 7.82. The van der Waals surface area contributed by atoms with Gasteiger partial charge in [0.05, 0.1) is 4.90 Å². The van der Waals surface area contributed by atoms with Crippen LogP contribution in [0.3, 0.4) is 0 Å². The Bertz CT molecular complexity index is 938. The van der Waals surface area contributed by atoms with E-state index in [0.717, 1.165) is 17.7 Å². The first kappa shape index (κ1) is 19.6. The minimum absolute atomic E-state index is 0.177. The molecule has 3 rings (SSSR count). The van der Waals surface area contributed by atoms with Crippen molar-refractivity contribution < 1.29 is 13.2 Å². The molecule has 1 heterocycles. The highest BCUT2D eigenvalue weighted by Crippen LogP contribution is 2.29. The number of nitrogens with zero attached hydrogens (tertiary/aromatic N) is 1. The molecule has 2 aromatic carbocycles. The highest BCUT2D eigenvalue weighted by Gasteiger charge is 2.33. The van der Waals surface area contributed by atoms with E-state index in [-0.39, 0.29) is 16.7 Å². The van der Waals surface area contributed by atoms with Crippen LogP contribution in [0.5, 0.6) is 0 Å². The first-order valence-corrected chi connectivity index (χ1v) is 10.7. The van der Waals surface area contributed by atoms with Crippen LogP contribution < -0.4 is 9.62 Å². The first-order chi connectivity index (χ1) is 12.8. The van der Waals surface area contributed by atoms with Gasteiger partial charge < -0.3 is 4.90 Å². The van der Waals surface area contributed by atoms with Crippen molar-refractivity contribution in [3.05, 3.63) is 59.7 Å². The molecule has 0 bridgehead atoms. The Balaban J connectivity index is 1.89. The van der Waals surface area contributed by atoms with Crippen LogP contribution in [0.2, 0.25) is 0 Å². The number of carbonyl (C=O) groups is 1. The quantitative estimate of drug-likeness (QED) is 0.828. The van der Waals surface area contributed by atoms with E-state index < -0.39 is 16.1 Å². The topological polar surface area (TPSA) is 66.5 Å². The maximum Gasteiger partial charge on any atom is 0.245 e. The maximum absolute atomic E-state index is 13.2. The largest absolute Gasteiger partial charge is 0.310 e. The molecule has 1 amide bonds. The lowest BCUT2D eigenvalue weighted by Gasteiger charge is -2.26. The Kier molecular flexibility index (Phi) is 5.67. The molecular weight excluding hydrogens is 360 g/mol. The summed E-state index contributed by atoms with van der Waals surface area (Å²) in [6.45, 7) is 6.31. The summed E-state index contributed by atoms with van der Waals surface area (Å²) >= 11 is 0. The van der Waals surface area contributed by atoms with Crippen molar-refractivity contribution in [3.63, 3.8) is 0 Å². The van der Waals surface area contributed by atoms with E-state index in [2.05, 4.69) is 4.72 Å². The fourth-order valence-corrected chi connectivity index (χ4v) is 4.98. The van der Waals surface area contributed by atoms with Gasteiger partial charge in [0.2, 0.25) is 15.9 Å². The number of carbonyl (C=O) groups excluding carboxylic acids is 1. The van der Waals surface area contributed by atoms with Crippen LogP contribution >= 0.6 is 0 Å². The van der Waals surface area contributed by atoms with Crippen molar-refractivity contribution in [2.24, 2.45) is 5.92 Å². The monoisotopic (exact) mass is 386 g/mol. The van der Waals surface area contributed by atoms with E-state index >= 15 is 0 Å². The zero-order valence-corrected chi connectivity index (χ0v) is 16.8. The average molecular weight is 387 g/mol. The van der Waals surface area contributed by atoms with Crippen LogP contribution in [-0.4, -0.2) is 26.9 Å². The number of fused-ring (bicyclic) bond motifs is 1. The third-order valence-electron chi connectivity index (χ3n) is 4.84. The fourth-order valence-electron chi connectivity index (χ4n) is 3.53. The van der Waals surface area contributed by atoms with Gasteiger partial charge in [0.25, 0.3) is 0 Å². The molecule has 1 N–H and O–H groups in total. The van der Waals surface area contributed by atoms with E-state index in [1.165, 1.54) is 0 Å². The number of amides is 1. The fraction of sp³-hybridized carbons (Fsp3) is 0.381. The third kappa shape index (κ3) is 4.22. The van der Waals surface area contributed by atoms with Crippen LogP contribution in [0.1, 0.15) is 31.4 Å². The summed E-state index contributed by atoms with van der Waals surface area (Å²) in [7, 11) is -3.79. The Morgan fingerprint density at radius 1 is 1.11 bits per heavy atom. The number of hydrogen-bond donors (Lipinski definition) is 1. The van der Waals surface area contributed by atoms with Gasteiger partial charge in [-0.1, -0.05) is 50.2 Å². The minimum atomic E-state index is -3.79. The van der Waals surface area contributed by atoms with Gasteiger partial charge in [-0.05, 0) is 48.9 Å². The van der Waals surface area contributed by atoms with Crippen LogP contribution in [0.15, 0.2) is 53.4 Å². The van der Waals surface area contributed by atoms with E-state index in [0.29, 0.717) is 18.5 Å². The Hall–Kier alpha value is -2.18. The molecule has 0 radical (unpaired) electrons. The van der Waals surface area contributed by atoms with E-state index in [1.807, 2.05) is 38.1 Å². The second-order valence-electron chi connectivity index (χ2n) is 7.44. The lowest BCUT2D eigenvalue weighted by molar-refractivity contribution is -0.120. The van der Waals surface area contributed by atoms with Crippen molar-refractivity contribution in [1.29, 1.82) is 0 Å². The Morgan fingerprint density at radius 2 is 1.78 bits per heavy atom. The van der Waals surface area contributed by atoms with Crippen LogP contribution in [0.4, 0.5) is 5.69 Å². The molecule has 6 heteroatoms. The van der Waals surface area contributed by atoms with Crippen LogP contribution in [-0.2, 0) is 21.2 Å². The first-order valence-electron chi connectivity index (χ1n) is 9.27. The van der Waals surface area contributed by atoms with Gasteiger partial charge in [0.1, 0.15) is 6.04 Å². The standard InChI is InChI=1S/C21H26N2O3S/c1-15(2)14-18(22-27(25,26)20-11-7-4-8-16(20)3)21(24)23-13-12-17-9-5-6-10-19(17)23/h4-11,15,18,22H,12-14H2,1-3H3/t18-/m0/s1. The van der Waals surface area contributed by atoms with E-state index in [1.54, 1.807) is 36.1 Å². The summed E-state index contributed by atoms with van der Waals surface area (Å²) in [4.78, 5) is 15.2. The van der Waals surface area contributed by atoms with Gasteiger partial charge in [-0.25, -0.2) is 8.42 Å². The molecule has 0 spiro atoms. The minimum Gasteiger partial charge on any atom is -0.310 e. The number of hydrogen-bond acceptors (Lipinski definition) is 3. The Morgan fingerprint density at radius 3 is 2.48 bits per heavy atom. The van der Waals surface area contributed by atoms with Gasteiger partial charge in [0.15, 0.2) is 0 Å². The summed E-state index contributed by atoms with van der Waals surface area (Å²) in [5.41, 5.74) is 2.66. The molecule has 0 aromatic heterocycles. The average Bonchev–Trinajstić information content (AvgIpc) is 3.04. The summed E-state index contributed by atoms with van der Waals surface area (Å²) in [6.07, 6.45) is 1.24. The number of anilines is 1. The molecule has 0 fully saturated rings. The smallest absolute Gasteiger partial charge is 0.245 e. The summed E-state index contributed by atoms with van der Waals surface area (Å²) in [6, 6.07) is 13.8. The van der Waals surface area contributed by atoms with Gasteiger partial charge in [-0.15, -0.1) is 0 Å². The van der Waals surface area contributed by atoms with Gasteiger partial charge >= 0.3 is 0 Å². The highest BCUT2D eigenvalue weighted by molar-refractivity contribution is 7.89. The lowest BCUT2D eigenvalue weighted by Crippen LogP contribution is -2.49. The molecule has 0 unspecified atom stereocenters. The molecule has 5 nitrogen and oxygen atoms in total. The molecule has 0 saturated carbocycles. The predicted octanol–water partition coefficient (Wildman–Crippen LogP) is 3.28. The van der Waals surface area contributed by atoms with E-state index in [9.17, 15) is 13.2 Å². The summed E-state index contributed by atoms with van der Waals surface area (Å²) in [5, 5.41) is 0. The number of benzene rings is 2. The van der Waals surface area contributed by atoms with Gasteiger partial charge in [-0.2, -0.15) is 4.72 Å². The van der Waals surface area contributed by atoms with Crippen molar-refractivity contribution >= 4 is 21.6 Å². The molecule has 1 aliphatic rings. The van der Waals surface area contributed by atoms with Crippen molar-refractivity contribution in [1.82, 2.24) is 4.72 Å². The number of aryl methyl sites for hydroxylation is 1. The van der Waals surface area contributed by atoms with Crippen LogP contribution in [0.25, 0.3) is 0 Å². The number of sulfonamides is 1. The summed E-state index contributed by atoms with van der Waals surface area (Å²) in [5.74, 6) is -0.0119. The number of para-hydroxylation sites is 1. The molecule has 0 saturated heterocycles. The van der Waals surface area contributed by atoms with E-state index in [4.69, 9.17) is 0 Å². The SMILES string of the molecule is Cc1ccccc1S(=O)(=O)N[C@@H](CC(C)C)C(=O)N1CCc2ccccc21. The van der Waals surface area contributed by atoms with Crippen molar-refractivity contribution in [3.8, 4) is 0 Å². The molecule has 1 aliphatic heterocycles. The highest BCUT2D eigenvalue weighted by atomic mass is 32.2. The van der Waals surface area contributed by atoms with Gasteiger partial charge in [-0.3, -0.25) is 4.79 Å². The third-order valence-corrected chi connectivity index (χ3v) is 6.47. The van der Waals surface area contributed by atoms with Crippen LogP contribution in [0, 0.1) is 12.8 Å². The molecule has 1 atom stereocenters. The maximum atomic E-state index is 13.2. The molecule has 144 valence electrons. The number of rotatable bonds is 6. The predicted molar refractivity (Wildman–Crippen MR) is 107 cm³/mol. The van der Waals surface area contributed by atoms with Crippen molar-refractivity contribution in [2.75, 3.05) is 11.4 Å². The zero-order chi connectivity index (χ0) is 19.6. The Labute approximate surface area is 161 Å². The molecular formula is C21H26N2O3S. The molecule has 0 aliphatic carbocycles. The number of nitrogens with one attached hydrogen (secondary N) is 1. The zero-order valence-electron chi connectivity index (χ0n) is 16.0. The molecule has 2 aromatic rings. The van der Waals surface area contributed by atoms with Crippen molar-refractivity contribution in [2.45, 2.75) is 44.6 Å².